The predicted octanol–water partition coefficient (Wildman–Crippen LogP) is 2.99. The van der Waals surface area contributed by atoms with E-state index in [1.54, 1.807) is 36.4 Å². The highest BCUT2D eigenvalue weighted by molar-refractivity contribution is 6.38. The Morgan fingerprint density at radius 1 is 1.00 bits per heavy atom. The fraction of sp³-hybridized carbons (Fsp3) is 0.250. The molecule has 2 aliphatic rings. The molecule has 2 N–H and O–H groups in total. The first kappa shape index (κ1) is 17.5. The molecule has 0 saturated heterocycles. The molecule has 0 amide bonds. The van der Waals surface area contributed by atoms with Gasteiger partial charge in [0.1, 0.15) is 5.92 Å². The van der Waals surface area contributed by atoms with Crippen molar-refractivity contribution in [2.24, 2.45) is 5.92 Å². The minimum absolute atomic E-state index is 0.402. The number of hydrogen-bond donors (Lipinski definition) is 2. The van der Waals surface area contributed by atoms with Gasteiger partial charge in [-0.15, -0.1) is 11.6 Å². The lowest BCUT2D eigenvalue weighted by atomic mass is 9.45. The van der Waals surface area contributed by atoms with Crippen molar-refractivity contribution in [3.63, 3.8) is 0 Å². The minimum atomic E-state index is -2.33. The van der Waals surface area contributed by atoms with Crippen LogP contribution in [0.2, 0.25) is 0 Å². The van der Waals surface area contributed by atoms with Crippen LogP contribution in [0.3, 0.4) is 0 Å². The van der Waals surface area contributed by atoms with Crippen molar-refractivity contribution in [2.75, 3.05) is 0 Å². The molecule has 0 radical (unpaired) electrons. The second-order valence-electron chi connectivity index (χ2n) is 6.77. The van der Waals surface area contributed by atoms with Gasteiger partial charge in [-0.2, -0.15) is 0 Å². The molecule has 2 aromatic rings. The van der Waals surface area contributed by atoms with E-state index >= 15 is 0 Å². The summed E-state index contributed by atoms with van der Waals surface area (Å²) in [6, 6.07) is 14.0. The van der Waals surface area contributed by atoms with Gasteiger partial charge < -0.3 is 14.9 Å². The molecule has 0 spiro atoms. The number of hydrogen-bond acceptors (Lipinski definition) is 4. The first-order chi connectivity index (χ1) is 12.8. The van der Waals surface area contributed by atoms with E-state index in [2.05, 4.69) is 0 Å². The average molecular weight is 387 g/mol. The number of ether oxygens (including phenoxy) is 1. The molecule has 2 aromatic carbocycles. The first-order valence-corrected chi connectivity index (χ1v) is 8.68. The highest BCUT2D eigenvalue weighted by Gasteiger charge is 2.82. The van der Waals surface area contributed by atoms with Gasteiger partial charge in [-0.05, 0) is 16.7 Å². The SMILES string of the molecule is CC(=O)O[C@@]12c3ccccc3-c3ccccc3[C@@H]1[C@H](C(=O)O)[C@]2(Cl)C(=O)O. The zero-order valence-corrected chi connectivity index (χ0v) is 14.9. The summed E-state index contributed by atoms with van der Waals surface area (Å²) in [7, 11) is 0. The van der Waals surface area contributed by atoms with Crippen molar-refractivity contribution in [2.45, 2.75) is 23.3 Å². The van der Waals surface area contributed by atoms with E-state index < -0.39 is 40.2 Å². The van der Waals surface area contributed by atoms with E-state index in [1.807, 2.05) is 12.1 Å². The number of esters is 1. The van der Waals surface area contributed by atoms with E-state index in [4.69, 9.17) is 16.3 Å². The Morgan fingerprint density at radius 3 is 2.19 bits per heavy atom. The summed E-state index contributed by atoms with van der Waals surface area (Å²) in [6.45, 7) is 1.15. The van der Waals surface area contributed by atoms with Gasteiger partial charge in [0.2, 0.25) is 0 Å². The second kappa shape index (κ2) is 5.57. The summed E-state index contributed by atoms with van der Waals surface area (Å²) in [5.74, 6) is -6.01. The number of halogens is 1. The van der Waals surface area contributed by atoms with E-state index in [-0.39, 0.29) is 0 Å². The molecule has 4 rings (SSSR count). The summed E-state index contributed by atoms with van der Waals surface area (Å²) in [4.78, 5) is 33.9. The van der Waals surface area contributed by atoms with E-state index in [0.29, 0.717) is 16.7 Å². The number of carbonyl (C=O) groups excluding carboxylic acids is 1. The Balaban J connectivity index is 2.13. The average Bonchev–Trinajstić information content (AvgIpc) is 2.62. The predicted molar refractivity (Wildman–Crippen MR) is 95.4 cm³/mol. The van der Waals surface area contributed by atoms with Crippen LogP contribution in [0, 0.1) is 5.92 Å². The van der Waals surface area contributed by atoms with Crippen molar-refractivity contribution < 1.29 is 29.3 Å². The molecule has 0 aliphatic heterocycles. The standard InChI is InChI=1S/C20H15ClO6/c1-10(22)27-20-14-9-5-4-7-12(14)11-6-2-3-8-13(11)15(20)16(17(23)24)19(20,21)18(25)26/h2-9,15-16H,1H3,(H,23,24)(H,25,26)/t15-,16-,19+,20+/m1/s1. The number of carbonyl (C=O) groups is 3. The summed E-state index contributed by atoms with van der Waals surface area (Å²) < 4.78 is 5.60. The summed E-state index contributed by atoms with van der Waals surface area (Å²) in [5, 5.41) is 19.7. The number of rotatable bonds is 3. The monoisotopic (exact) mass is 386 g/mol. The molecule has 0 aromatic heterocycles. The lowest BCUT2D eigenvalue weighted by Crippen LogP contribution is -2.76. The summed E-state index contributed by atoms with van der Waals surface area (Å²) in [6.07, 6.45) is 0. The number of alkyl halides is 1. The maximum Gasteiger partial charge on any atom is 0.330 e. The van der Waals surface area contributed by atoms with Crippen LogP contribution in [-0.4, -0.2) is 33.0 Å². The number of carboxylic acids is 2. The van der Waals surface area contributed by atoms with E-state index in [1.165, 1.54) is 0 Å². The van der Waals surface area contributed by atoms with Crippen LogP contribution in [0.4, 0.5) is 0 Å². The first-order valence-electron chi connectivity index (χ1n) is 8.30. The molecule has 138 valence electrons. The fourth-order valence-corrected chi connectivity index (χ4v) is 5.14. The quantitative estimate of drug-likeness (QED) is 0.621. The van der Waals surface area contributed by atoms with E-state index in [0.717, 1.165) is 12.5 Å². The Labute approximate surface area is 159 Å². The lowest BCUT2D eigenvalue weighted by molar-refractivity contribution is -0.215. The number of carboxylic acid groups (broad SMARTS) is 2. The Bertz CT molecular complexity index is 1000. The van der Waals surface area contributed by atoms with Crippen LogP contribution in [0.5, 0.6) is 0 Å². The molecule has 0 bridgehead atoms. The van der Waals surface area contributed by atoms with Gasteiger partial charge in [0, 0.05) is 18.4 Å². The number of fused-ring (bicyclic) bond motifs is 6. The minimum Gasteiger partial charge on any atom is -0.481 e. The molecule has 4 atom stereocenters. The van der Waals surface area contributed by atoms with Gasteiger partial charge in [0.25, 0.3) is 0 Å². The zero-order valence-electron chi connectivity index (χ0n) is 14.2. The molecule has 0 heterocycles. The van der Waals surface area contributed by atoms with Crippen molar-refractivity contribution in [3.8, 4) is 11.1 Å². The molecular formula is C20H15ClO6. The van der Waals surface area contributed by atoms with Crippen LogP contribution in [0.25, 0.3) is 11.1 Å². The molecule has 1 saturated carbocycles. The van der Waals surface area contributed by atoms with Gasteiger partial charge in [0.05, 0.1) is 0 Å². The highest BCUT2D eigenvalue weighted by atomic mass is 35.5. The molecule has 0 unspecified atom stereocenters. The van der Waals surface area contributed by atoms with Gasteiger partial charge in [-0.25, -0.2) is 0 Å². The molecule has 6 nitrogen and oxygen atoms in total. The third-order valence-electron chi connectivity index (χ3n) is 5.54. The number of benzene rings is 2. The van der Waals surface area contributed by atoms with Crippen molar-refractivity contribution in [3.05, 3.63) is 59.7 Å². The van der Waals surface area contributed by atoms with Crippen LogP contribution in [0.15, 0.2) is 48.5 Å². The summed E-state index contributed by atoms with van der Waals surface area (Å²) >= 11 is 6.51. The molecule has 27 heavy (non-hydrogen) atoms. The van der Waals surface area contributed by atoms with Crippen LogP contribution in [-0.2, 0) is 24.7 Å². The van der Waals surface area contributed by atoms with Crippen molar-refractivity contribution in [1.82, 2.24) is 0 Å². The lowest BCUT2D eigenvalue weighted by Gasteiger charge is -2.63. The number of aliphatic carboxylic acids is 2. The van der Waals surface area contributed by atoms with Gasteiger partial charge in [-0.1, -0.05) is 48.5 Å². The summed E-state index contributed by atoms with van der Waals surface area (Å²) in [5.41, 5.74) is 0.623. The maximum absolute atomic E-state index is 12.2. The van der Waals surface area contributed by atoms with Gasteiger partial charge in [0.15, 0.2) is 10.5 Å². The largest absolute Gasteiger partial charge is 0.481 e. The molecule has 7 heteroatoms. The van der Waals surface area contributed by atoms with Crippen molar-refractivity contribution in [1.29, 1.82) is 0 Å². The van der Waals surface area contributed by atoms with Crippen LogP contribution in [0.1, 0.15) is 24.0 Å². The smallest absolute Gasteiger partial charge is 0.330 e. The van der Waals surface area contributed by atoms with Crippen LogP contribution >= 0.6 is 11.6 Å². The molecule has 1 fully saturated rings. The third kappa shape index (κ3) is 1.93. The highest BCUT2D eigenvalue weighted by Crippen LogP contribution is 2.72. The maximum atomic E-state index is 12.2. The third-order valence-corrected chi connectivity index (χ3v) is 6.21. The van der Waals surface area contributed by atoms with Gasteiger partial charge in [-0.3, -0.25) is 14.4 Å². The normalized spacial score (nSPS) is 30.1. The fourth-order valence-electron chi connectivity index (χ4n) is 4.67. The van der Waals surface area contributed by atoms with Crippen LogP contribution < -0.4 is 0 Å². The Kier molecular flexibility index (Phi) is 3.62. The molecular weight excluding hydrogens is 372 g/mol. The zero-order chi connectivity index (χ0) is 19.6. The van der Waals surface area contributed by atoms with E-state index in [9.17, 15) is 24.6 Å². The van der Waals surface area contributed by atoms with Crippen molar-refractivity contribution >= 4 is 29.5 Å². The second-order valence-corrected chi connectivity index (χ2v) is 7.37. The molecule has 2 aliphatic carbocycles. The van der Waals surface area contributed by atoms with Gasteiger partial charge >= 0.3 is 17.9 Å². The Hall–Kier alpha value is -2.86. The topological polar surface area (TPSA) is 101 Å². The Morgan fingerprint density at radius 2 is 1.59 bits per heavy atom.